The largest absolute Gasteiger partial charge is 0.338 e. The number of hydrogen-bond donors (Lipinski definition) is 2. The monoisotopic (exact) mass is 240 g/mol. The van der Waals surface area contributed by atoms with E-state index in [1.54, 1.807) is 0 Å². The van der Waals surface area contributed by atoms with E-state index in [1.807, 2.05) is 22.3 Å². The number of nitrogens with one attached hydrogen (secondary N) is 1. The van der Waals surface area contributed by atoms with Crippen molar-refractivity contribution in [2.45, 2.75) is 24.3 Å². The van der Waals surface area contributed by atoms with Crippen molar-refractivity contribution >= 4 is 22.9 Å². The first-order valence-corrected chi connectivity index (χ1v) is 5.40. The third-order valence-corrected chi connectivity index (χ3v) is 2.89. The van der Waals surface area contributed by atoms with Crippen LogP contribution in [0.25, 0.3) is 0 Å². The highest BCUT2D eigenvalue weighted by molar-refractivity contribution is 7.07. The molecule has 14 heavy (non-hydrogen) atoms. The van der Waals surface area contributed by atoms with E-state index < -0.39 is 11.4 Å². The van der Waals surface area contributed by atoms with Crippen molar-refractivity contribution in [3.05, 3.63) is 22.4 Å². The summed E-state index contributed by atoms with van der Waals surface area (Å²) in [6.07, 6.45) is 0.754. The molecule has 1 aromatic heterocycles. The van der Waals surface area contributed by atoms with Gasteiger partial charge in [-0.05, 0) is 46.8 Å². The quantitative estimate of drug-likeness (QED) is 0.471. The minimum atomic E-state index is -3.30. The lowest BCUT2D eigenvalue weighted by Gasteiger charge is -2.20. The van der Waals surface area contributed by atoms with E-state index in [2.05, 4.69) is 0 Å². The Labute approximate surface area is 90.0 Å². The van der Waals surface area contributed by atoms with Gasteiger partial charge in [0.05, 0.1) is 6.04 Å². The molecule has 0 bridgehead atoms. The van der Waals surface area contributed by atoms with Gasteiger partial charge in [0, 0.05) is 0 Å². The predicted octanol–water partition coefficient (Wildman–Crippen LogP) is 2.34. The maximum absolute atomic E-state index is 12.6. The first kappa shape index (κ1) is 11.8. The third-order valence-electron chi connectivity index (χ3n) is 1.90. The van der Waals surface area contributed by atoms with Crippen molar-refractivity contribution in [3.63, 3.8) is 0 Å². The molecule has 3 N–H and O–H groups in total. The van der Waals surface area contributed by atoms with Crippen LogP contribution in [0.1, 0.15) is 12.0 Å². The number of thiophene rings is 1. The van der Waals surface area contributed by atoms with Crippen molar-refractivity contribution in [1.82, 2.24) is 5.43 Å². The fraction of sp³-hybridized carbons (Fsp3) is 0.500. The molecule has 0 spiro atoms. The van der Waals surface area contributed by atoms with E-state index in [4.69, 9.17) is 17.4 Å². The molecule has 0 aliphatic heterocycles. The molecule has 6 heteroatoms. The minimum absolute atomic E-state index is 0.212. The highest BCUT2D eigenvalue weighted by atomic mass is 35.5. The lowest BCUT2D eigenvalue weighted by molar-refractivity contribution is 0.0468. The van der Waals surface area contributed by atoms with Crippen LogP contribution in [0, 0.1) is 0 Å². The molecular formula is C8H11ClF2N2S. The zero-order valence-corrected chi connectivity index (χ0v) is 8.92. The molecule has 0 radical (unpaired) electrons. The van der Waals surface area contributed by atoms with E-state index in [0.717, 1.165) is 5.56 Å². The molecule has 0 saturated heterocycles. The van der Waals surface area contributed by atoms with Gasteiger partial charge in [0.2, 0.25) is 0 Å². The molecule has 0 aliphatic rings. The van der Waals surface area contributed by atoms with Crippen molar-refractivity contribution in [3.8, 4) is 0 Å². The molecule has 0 amide bonds. The summed E-state index contributed by atoms with van der Waals surface area (Å²) in [5, 5.41) is 0.518. The topological polar surface area (TPSA) is 38.0 Å². The van der Waals surface area contributed by atoms with Crippen molar-refractivity contribution in [2.75, 3.05) is 0 Å². The summed E-state index contributed by atoms with van der Waals surface area (Å²) in [6.45, 7) is 0. The maximum atomic E-state index is 12.6. The normalized spacial score (nSPS) is 14.3. The first-order chi connectivity index (χ1) is 6.54. The molecule has 1 rings (SSSR count). The van der Waals surface area contributed by atoms with Gasteiger partial charge in [-0.15, -0.1) is 0 Å². The highest BCUT2D eigenvalue weighted by Crippen LogP contribution is 2.26. The standard InChI is InChI=1S/C8H11ClF2N2S/c9-8(10,11)7(13-12)2-1-6-3-4-14-5-6/h3-5,7,13H,1-2,12H2. The summed E-state index contributed by atoms with van der Waals surface area (Å²) in [5.41, 5.74) is 3.05. The fourth-order valence-electron chi connectivity index (χ4n) is 1.09. The number of rotatable bonds is 5. The van der Waals surface area contributed by atoms with Crippen LogP contribution in [-0.4, -0.2) is 11.4 Å². The Balaban J connectivity index is 2.43. The lowest BCUT2D eigenvalue weighted by Crippen LogP contribution is -2.45. The number of aryl methyl sites for hydroxylation is 1. The molecule has 1 atom stereocenters. The summed E-state index contributed by atoms with van der Waals surface area (Å²) >= 11 is 6.40. The van der Waals surface area contributed by atoms with E-state index >= 15 is 0 Å². The molecule has 1 heterocycles. The van der Waals surface area contributed by atoms with Crippen LogP contribution >= 0.6 is 22.9 Å². The second kappa shape index (κ2) is 5.02. The van der Waals surface area contributed by atoms with Crippen molar-refractivity contribution in [1.29, 1.82) is 0 Å². The molecular weight excluding hydrogens is 230 g/mol. The Morgan fingerprint density at radius 3 is 2.79 bits per heavy atom. The van der Waals surface area contributed by atoms with Crippen LogP contribution in [0.2, 0.25) is 0 Å². The second-order valence-electron chi connectivity index (χ2n) is 2.93. The molecule has 0 fully saturated rings. The summed E-state index contributed by atoms with van der Waals surface area (Å²) in [5.74, 6) is 4.99. The number of halogens is 3. The Bertz CT molecular complexity index is 261. The number of hydrazine groups is 1. The van der Waals surface area contributed by atoms with Gasteiger partial charge in [-0.2, -0.15) is 20.1 Å². The summed E-state index contributed by atoms with van der Waals surface area (Å²) in [6, 6.07) is 0.703. The van der Waals surface area contributed by atoms with E-state index in [-0.39, 0.29) is 6.42 Å². The zero-order valence-electron chi connectivity index (χ0n) is 7.34. The first-order valence-electron chi connectivity index (χ1n) is 4.08. The second-order valence-corrected chi connectivity index (χ2v) is 4.22. The predicted molar refractivity (Wildman–Crippen MR) is 54.6 cm³/mol. The molecule has 0 aromatic carbocycles. The Kier molecular flexibility index (Phi) is 4.25. The van der Waals surface area contributed by atoms with Crippen LogP contribution in [0.5, 0.6) is 0 Å². The van der Waals surface area contributed by atoms with Crippen molar-refractivity contribution < 1.29 is 8.78 Å². The van der Waals surface area contributed by atoms with E-state index in [0.29, 0.717) is 6.42 Å². The lowest BCUT2D eigenvalue weighted by atomic mass is 10.1. The average molecular weight is 241 g/mol. The van der Waals surface area contributed by atoms with E-state index in [1.165, 1.54) is 11.3 Å². The molecule has 1 unspecified atom stereocenters. The Morgan fingerprint density at radius 2 is 2.36 bits per heavy atom. The van der Waals surface area contributed by atoms with Gasteiger partial charge < -0.3 is 0 Å². The van der Waals surface area contributed by atoms with Gasteiger partial charge in [0.15, 0.2) is 0 Å². The molecule has 2 nitrogen and oxygen atoms in total. The van der Waals surface area contributed by atoms with Crippen LogP contribution < -0.4 is 11.3 Å². The van der Waals surface area contributed by atoms with Crippen LogP contribution in [0.3, 0.4) is 0 Å². The Hall–Kier alpha value is -0.230. The van der Waals surface area contributed by atoms with E-state index in [9.17, 15) is 8.78 Å². The molecule has 0 saturated carbocycles. The minimum Gasteiger partial charge on any atom is -0.271 e. The maximum Gasteiger partial charge on any atom is 0.338 e. The van der Waals surface area contributed by atoms with Gasteiger partial charge in [0.1, 0.15) is 0 Å². The SMILES string of the molecule is NNC(CCc1ccsc1)C(F)(F)Cl. The number of alkyl halides is 3. The number of hydrogen-bond acceptors (Lipinski definition) is 3. The third kappa shape index (κ3) is 3.49. The summed E-state index contributed by atoms with van der Waals surface area (Å²) in [7, 11) is 0. The molecule has 1 aromatic rings. The van der Waals surface area contributed by atoms with Gasteiger partial charge in [-0.1, -0.05) is 0 Å². The van der Waals surface area contributed by atoms with Crippen LogP contribution in [0.15, 0.2) is 16.8 Å². The summed E-state index contributed by atoms with van der Waals surface area (Å²) < 4.78 is 25.3. The Morgan fingerprint density at radius 1 is 1.64 bits per heavy atom. The van der Waals surface area contributed by atoms with Gasteiger partial charge >= 0.3 is 5.38 Å². The number of nitrogens with two attached hydrogens (primary N) is 1. The van der Waals surface area contributed by atoms with Crippen LogP contribution in [0.4, 0.5) is 8.78 Å². The molecule has 0 aliphatic carbocycles. The van der Waals surface area contributed by atoms with Crippen LogP contribution in [-0.2, 0) is 6.42 Å². The van der Waals surface area contributed by atoms with Crippen molar-refractivity contribution in [2.24, 2.45) is 5.84 Å². The zero-order chi connectivity index (χ0) is 10.6. The summed E-state index contributed by atoms with van der Waals surface area (Å²) in [4.78, 5) is 0. The molecule has 80 valence electrons. The van der Waals surface area contributed by atoms with Gasteiger partial charge in [-0.25, -0.2) is 5.43 Å². The smallest absolute Gasteiger partial charge is 0.271 e. The van der Waals surface area contributed by atoms with Gasteiger partial charge in [-0.3, -0.25) is 5.84 Å². The highest BCUT2D eigenvalue weighted by Gasteiger charge is 2.35. The average Bonchev–Trinajstić information content (AvgIpc) is 2.55. The van der Waals surface area contributed by atoms with Gasteiger partial charge in [0.25, 0.3) is 0 Å². The fourth-order valence-corrected chi connectivity index (χ4v) is 1.96.